The first-order valence-corrected chi connectivity index (χ1v) is 7.40. The molecule has 102 valence electrons. The van der Waals surface area contributed by atoms with E-state index in [-0.39, 0.29) is 11.2 Å². The van der Waals surface area contributed by atoms with Gasteiger partial charge in [0.2, 0.25) is 5.91 Å². The highest BCUT2D eigenvalue weighted by atomic mass is 32.2. The lowest BCUT2D eigenvalue weighted by Gasteiger charge is -2.17. The van der Waals surface area contributed by atoms with Gasteiger partial charge in [0, 0.05) is 6.42 Å². The molecule has 2 rings (SSSR count). The maximum absolute atomic E-state index is 12.0. The second kappa shape index (κ2) is 6.61. The van der Waals surface area contributed by atoms with Gasteiger partial charge in [0.25, 0.3) is 0 Å². The zero-order valence-corrected chi connectivity index (χ0v) is 11.4. The minimum atomic E-state index is -0.986. The summed E-state index contributed by atoms with van der Waals surface area (Å²) < 4.78 is 0. The van der Waals surface area contributed by atoms with Crippen molar-refractivity contribution in [2.24, 2.45) is 0 Å². The van der Waals surface area contributed by atoms with Gasteiger partial charge in [-0.05, 0) is 24.2 Å². The lowest BCUT2D eigenvalue weighted by atomic mass is 10.1. The number of aliphatic carboxylic acids is 1. The Kier molecular flexibility index (Phi) is 4.85. The molecule has 1 heterocycles. The Balaban J connectivity index is 1.96. The minimum absolute atomic E-state index is 0.0855. The SMILES string of the molecule is O=C(N[C@@H](Cc1ccccc1)C(=O)O)C1CCCS1. The van der Waals surface area contributed by atoms with E-state index in [1.807, 2.05) is 30.3 Å². The lowest BCUT2D eigenvalue weighted by Crippen LogP contribution is -2.45. The lowest BCUT2D eigenvalue weighted by molar-refractivity contribution is -0.141. The summed E-state index contributed by atoms with van der Waals surface area (Å²) in [4.78, 5) is 23.2. The largest absolute Gasteiger partial charge is 0.480 e. The summed E-state index contributed by atoms with van der Waals surface area (Å²) >= 11 is 1.61. The summed E-state index contributed by atoms with van der Waals surface area (Å²) in [6.45, 7) is 0. The van der Waals surface area contributed by atoms with Crippen LogP contribution in [0.2, 0.25) is 0 Å². The second-order valence-corrected chi connectivity index (χ2v) is 5.90. The highest BCUT2D eigenvalue weighted by Gasteiger charge is 2.27. The molecule has 0 bridgehead atoms. The highest BCUT2D eigenvalue weighted by molar-refractivity contribution is 8.00. The van der Waals surface area contributed by atoms with Crippen LogP contribution in [0.15, 0.2) is 30.3 Å². The molecule has 4 nitrogen and oxygen atoms in total. The van der Waals surface area contributed by atoms with E-state index in [9.17, 15) is 14.7 Å². The molecule has 2 N–H and O–H groups in total. The van der Waals surface area contributed by atoms with E-state index in [0.29, 0.717) is 6.42 Å². The topological polar surface area (TPSA) is 66.4 Å². The zero-order chi connectivity index (χ0) is 13.7. The van der Waals surface area contributed by atoms with Crippen LogP contribution in [0, 0.1) is 0 Å². The van der Waals surface area contributed by atoms with Gasteiger partial charge in [-0.25, -0.2) is 4.79 Å². The van der Waals surface area contributed by atoms with Crippen LogP contribution in [0.25, 0.3) is 0 Å². The van der Waals surface area contributed by atoms with E-state index in [1.54, 1.807) is 11.8 Å². The number of benzene rings is 1. The van der Waals surface area contributed by atoms with Crippen LogP contribution in [-0.4, -0.2) is 34.0 Å². The molecule has 2 atom stereocenters. The van der Waals surface area contributed by atoms with E-state index >= 15 is 0 Å². The van der Waals surface area contributed by atoms with Gasteiger partial charge >= 0.3 is 5.97 Å². The van der Waals surface area contributed by atoms with Crippen molar-refractivity contribution in [3.63, 3.8) is 0 Å². The molecule has 1 aromatic rings. The molecule has 0 radical (unpaired) electrons. The summed E-state index contributed by atoms with van der Waals surface area (Å²) in [5.74, 6) is -0.153. The molecule has 0 spiro atoms. The van der Waals surface area contributed by atoms with Crippen LogP contribution in [0.1, 0.15) is 18.4 Å². The van der Waals surface area contributed by atoms with Crippen molar-refractivity contribution in [1.29, 1.82) is 0 Å². The van der Waals surface area contributed by atoms with Crippen molar-refractivity contribution in [3.05, 3.63) is 35.9 Å². The fourth-order valence-electron chi connectivity index (χ4n) is 2.10. The molecule has 5 heteroatoms. The highest BCUT2D eigenvalue weighted by Crippen LogP contribution is 2.26. The molecule has 19 heavy (non-hydrogen) atoms. The van der Waals surface area contributed by atoms with Crippen molar-refractivity contribution in [2.75, 3.05) is 5.75 Å². The van der Waals surface area contributed by atoms with E-state index in [1.165, 1.54) is 0 Å². The van der Waals surface area contributed by atoms with Crippen LogP contribution >= 0.6 is 11.8 Å². The van der Waals surface area contributed by atoms with Crippen molar-refractivity contribution in [3.8, 4) is 0 Å². The van der Waals surface area contributed by atoms with Crippen LogP contribution < -0.4 is 5.32 Å². The zero-order valence-electron chi connectivity index (χ0n) is 10.5. The van der Waals surface area contributed by atoms with Gasteiger partial charge in [-0.3, -0.25) is 4.79 Å². The van der Waals surface area contributed by atoms with E-state index in [2.05, 4.69) is 5.32 Å². The molecule has 1 amide bonds. The maximum atomic E-state index is 12.0. The first kappa shape index (κ1) is 13.9. The molecular formula is C14H17NO3S. The molecule has 1 aliphatic rings. The molecule has 0 aromatic heterocycles. The number of carbonyl (C=O) groups excluding carboxylic acids is 1. The summed E-state index contributed by atoms with van der Waals surface area (Å²) in [7, 11) is 0. The monoisotopic (exact) mass is 279 g/mol. The maximum Gasteiger partial charge on any atom is 0.326 e. The number of rotatable bonds is 5. The van der Waals surface area contributed by atoms with Crippen LogP contribution in [0.4, 0.5) is 0 Å². The van der Waals surface area contributed by atoms with Crippen molar-refractivity contribution in [2.45, 2.75) is 30.6 Å². The summed E-state index contributed by atoms with van der Waals surface area (Å²) in [5, 5.41) is 11.8. The van der Waals surface area contributed by atoms with Gasteiger partial charge in [0.15, 0.2) is 0 Å². The Hall–Kier alpha value is -1.49. The fraction of sp³-hybridized carbons (Fsp3) is 0.429. The van der Waals surface area contributed by atoms with Gasteiger partial charge in [-0.2, -0.15) is 0 Å². The number of carboxylic acids is 1. The molecular weight excluding hydrogens is 262 g/mol. The van der Waals surface area contributed by atoms with Crippen molar-refractivity contribution >= 4 is 23.6 Å². The number of nitrogens with one attached hydrogen (secondary N) is 1. The molecule has 0 saturated carbocycles. The third-order valence-electron chi connectivity index (χ3n) is 3.12. The first-order chi connectivity index (χ1) is 9.16. The van der Waals surface area contributed by atoms with Gasteiger partial charge in [-0.1, -0.05) is 30.3 Å². The quantitative estimate of drug-likeness (QED) is 0.861. The Morgan fingerprint density at radius 2 is 2.11 bits per heavy atom. The summed E-state index contributed by atoms with van der Waals surface area (Å²) in [6, 6.07) is 8.49. The number of hydrogen-bond donors (Lipinski definition) is 2. The number of amides is 1. The number of carboxylic acid groups (broad SMARTS) is 1. The van der Waals surface area contributed by atoms with Crippen LogP contribution in [0.5, 0.6) is 0 Å². The smallest absolute Gasteiger partial charge is 0.326 e. The molecule has 0 aliphatic carbocycles. The van der Waals surface area contributed by atoms with E-state index < -0.39 is 12.0 Å². The Bertz CT molecular complexity index is 443. The molecule has 1 saturated heterocycles. The number of thioether (sulfide) groups is 1. The summed E-state index contributed by atoms with van der Waals surface area (Å²) in [6.07, 6.45) is 2.19. The Morgan fingerprint density at radius 1 is 1.37 bits per heavy atom. The van der Waals surface area contributed by atoms with Gasteiger partial charge in [0.1, 0.15) is 6.04 Å². The molecule has 1 fully saturated rings. The number of carbonyl (C=O) groups is 2. The average Bonchev–Trinajstić information content (AvgIpc) is 2.93. The first-order valence-electron chi connectivity index (χ1n) is 6.35. The van der Waals surface area contributed by atoms with Crippen molar-refractivity contribution < 1.29 is 14.7 Å². The van der Waals surface area contributed by atoms with Gasteiger partial charge in [-0.15, -0.1) is 11.8 Å². The standard InChI is InChI=1S/C14H17NO3S/c16-13(12-7-4-8-19-12)15-11(14(17)18)9-10-5-2-1-3-6-10/h1-3,5-6,11-12H,4,7-9H2,(H,15,16)(H,17,18)/t11-,12?/m0/s1. The van der Waals surface area contributed by atoms with Gasteiger partial charge in [0.05, 0.1) is 5.25 Å². The Labute approximate surface area is 116 Å². The normalized spacial score (nSPS) is 19.9. The summed E-state index contributed by atoms with van der Waals surface area (Å²) in [5.41, 5.74) is 0.911. The van der Waals surface area contributed by atoms with E-state index in [4.69, 9.17) is 0 Å². The second-order valence-electron chi connectivity index (χ2n) is 4.59. The van der Waals surface area contributed by atoms with Crippen molar-refractivity contribution in [1.82, 2.24) is 5.32 Å². The Morgan fingerprint density at radius 3 is 2.68 bits per heavy atom. The third-order valence-corrected chi connectivity index (χ3v) is 4.50. The fourth-order valence-corrected chi connectivity index (χ4v) is 3.27. The van der Waals surface area contributed by atoms with Crippen LogP contribution in [0.3, 0.4) is 0 Å². The average molecular weight is 279 g/mol. The third kappa shape index (κ3) is 3.99. The van der Waals surface area contributed by atoms with E-state index in [0.717, 1.165) is 24.2 Å². The predicted molar refractivity (Wildman–Crippen MR) is 75.2 cm³/mol. The minimum Gasteiger partial charge on any atom is -0.480 e. The molecule has 1 aromatic carbocycles. The molecule has 1 aliphatic heterocycles. The van der Waals surface area contributed by atoms with Gasteiger partial charge < -0.3 is 10.4 Å². The molecule has 1 unspecified atom stereocenters. The number of hydrogen-bond acceptors (Lipinski definition) is 3. The van der Waals surface area contributed by atoms with Crippen LogP contribution in [-0.2, 0) is 16.0 Å². The predicted octanol–water partition coefficient (Wildman–Crippen LogP) is 1.69.